The Bertz CT molecular complexity index is 3150. The molecule has 0 aliphatic carbocycles. The van der Waals surface area contributed by atoms with Crippen LogP contribution in [0, 0.1) is 110 Å². The van der Waals surface area contributed by atoms with Crippen molar-refractivity contribution in [3.05, 3.63) is 107 Å². The number of imidazole rings is 5. The summed E-state index contributed by atoms with van der Waals surface area (Å²) in [5.41, 5.74) is 1.73. The summed E-state index contributed by atoms with van der Waals surface area (Å²) in [6.07, 6.45) is 0.575. The zero-order chi connectivity index (χ0) is 60.1. The molecule has 0 amide bonds. The molecule has 0 saturated heterocycles. The maximum atomic E-state index is 10.8. The molecule has 0 atom stereocenters. The zero-order valence-corrected chi connectivity index (χ0v) is 47.8. The summed E-state index contributed by atoms with van der Waals surface area (Å²) in [7, 11) is 8.18. The van der Waals surface area contributed by atoms with Gasteiger partial charge in [-0.05, 0) is 121 Å². The van der Waals surface area contributed by atoms with E-state index in [4.69, 9.17) is 9.84 Å². The smallest absolute Gasteiger partial charge is 0.389 e. The summed E-state index contributed by atoms with van der Waals surface area (Å²) in [6.45, 7) is 13.7. The fourth-order valence-electron chi connectivity index (χ4n) is 5.57. The molecule has 5 heterocycles. The molecular formula is C46H53Br2N15O15. The van der Waals surface area contributed by atoms with Crippen molar-refractivity contribution in [1.82, 2.24) is 47.8 Å². The van der Waals surface area contributed by atoms with Gasteiger partial charge in [0.1, 0.15) is 30.3 Å². The number of nitrogens with zero attached hydrogens (tertiary/aromatic N) is 15. The molecule has 0 fully saturated rings. The quantitative estimate of drug-likeness (QED) is 0.0492. The highest BCUT2D eigenvalue weighted by atomic mass is 79.9. The SMILES string of the molecule is CC#CC.CC#Cc1nc([N+](=O)[O-])c(CBr)n1C.CC#Cc1nc([N+](=O)[O-])c(CC)n1C.CC#Cc1nc([N+](=O)[O-])c(CO)n1C.CC#Cc1nc([N+](=O)[O-])c(COC(C)=O)n1C.CC(=O)OCc1c([N+](=O)[O-])nc(Br)n1C. The van der Waals surface area contributed by atoms with E-state index in [9.17, 15) is 60.2 Å². The van der Waals surface area contributed by atoms with Crippen molar-refractivity contribution in [1.29, 1.82) is 0 Å². The Balaban J connectivity index is 0.000000934. The van der Waals surface area contributed by atoms with Gasteiger partial charge in [-0.15, -0.1) is 11.8 Å². The van der Waals surface area contributed by atoms with Gasteiger partial charge in [-0.3, -0.25) is 32.4 Å². The second-order valence-corrected chi connectivity index (χ2v) is 15.5. The second kappa shape index (κ2) is 34.3. The monoisotopic (exact) mass is 1210 g/mol. The molecule has 0 bridgehead atoms. The molecule has 0 aliphatic heterocycles. The Labute approximate surface area is 463 Å². The molecule has 416 valence electrons. The third-order valence-electron chi connectivity index (χ3n) is 9.41. The Kier molecular flexibility index (Phi) is 30.2. The lowest BCUT2D eigenvalue weighted by molar-refractivity contribution is -0.390. The summed E-state index contributed by atoms with van der Waals surface area (Å²) in [6, 6.07) is 0. The minimum Gasteiger partial charge on any atom is -0.459 e. The van der Waals surface area contributed by atoms with Crippen molar-refractivity contribution in [2.75, 3.05) is 0 Å². The van der Waals surface area contributed by atoms with Crippen molar-refractivity contribution in [3.8, 4) is 59.2 Å². The zero-order valence-electron chi connectivity index (χ0n) is 44.7. The van der Waals surface area contributed by atoms with Crippen LogP contribution in [-0.2, 0) is 85.9 Å². The van der Waals surface area contributed by atoms with Crippen LogP contribution in [0.5, 0.6) is 0 Å². The minimum absolute atomic E-state index is 0.0900. The van der Waals surface area contributed by atoms with Crippen molar-refractivity contribution in [3.63, 3.8) is 0 Å². The molecule has 0 unspecified atom stereocenters. The average molecular weight is 1220 g/mol. The molecule has 32 heteroatoms. The third-order valence-corrected chi connectivity index (χ3v) is 10.6. The maximum Gasteiger partial charge on any atom is 0.389 e. The number of halogens is 2. The van der Waals surface area contributed by atoms with Crippen LogP contribution < -0.4 is 0 Å². The van der Waals surface area contributed by atoms with E-state index < -0.39 is 43.2 Å². The molecular weight excluding hydrogens is 1160 g/mol. The Morgan fingerprint density at radius 1 is 0.487 bits per heavy atom. The van der Waals surface area contributed by atoms with Crippen LogP contribution in [0.25, 0.3) is 0 Å². The second-order valence-electron chi connectivity index (χ2n) is 14.3. The first kappa shape index (κ1) is 68.7. The van der Waals surface area contributed by atoms with Gasteiger partial charge >= 0.3 is 41.0 Å². The largest absolute Gasteiger partial charge is 0.459 e. The topological polar surface area (TPSA) is 378 Å². The van der Waals surface area contributed by atoms with Crippen LogP contribution in [0.2, 0.25) is 0 Å². The molecule has 5 aromatic heterocycles. The fraction of sp³-hybridized carbons (Fsp3) is 0.413. The van der Waals surface area contributed by atoms with Gasteiger partial charge in [0.15, 0.2) is 11.4 Å². The number of alkyl halides is 1. The van der Waals surface area contributed by atoms with Crippen molar-refractivity contribution >= 4 is 72.9 Å². The van der Waals surface area contributed by atoms with Gasteiger partial charge in [0, 0.05) is 65.0 Å². The molecule has 30 nitrogen and oxygen atoms in total. The van der Waals surface area contributed by atoms with Gasteiger partial charge in [0.2, 0.25) is 0 Å². The standard InChI is InChI=1S/C10H11N3O4.C9H11N3O2.C8H8BrN3O2.C8H9N3O3.C7H8BrN3O4.C4H6/c1-4-5-9-11-10(13(15)16)8(12(9)3)6-17-7(2)14;1-4-6-8-10-9(12(13)14)7(5-2)11(8)3;1-3-4-7-10-8(12(13)14)6(5-9)11(7)2;1-3-4-7-9-8(11(13)14)6(5-12)10(7)2;1-4(12)15-3-5-6(11(13)14)9-7(8)10(5)2;1-3-4-2/h6H2,1-3H3;5H2,1-3H3;5H2,1-2H3;12H,5H2,1-2H3;3H2,1-2H3;1-2H3. The Hall–Kier alpha value is -9.29. The van der Waals surface area contributed by atoms with E-state index in [0.717, 1.165) is 0 Å². The summed E-state index contributed by atoms with van der Waals surface area (Å²) in [4.78, 5) is 90.4. The van der Waals surface area contributed by atoms with E-state index in [1.54, 1.807) is 72.1 Å². The number of rotatable bonds is 12. The normalized spacial score (nSPS) is 9.19. The number of carbonyl (C=O) groups is 2. The highest BCUT2D eigenvalue weighted by Gasteiger charge is 2.28. The highest BCUT2D eigenvalue weighted by Crippen LogP contribution is 2.24. The number of esters is 2. The molecule has 78 heavy (non-hydrogen) atoms. The molecule has 5 rings (SSSR count). The van der Waals surface area contributed by atoms with Gasteiger partial charge in [0.25, 0.3) is 28.0 Å². The van der Waals surface area contributed by atoms with Gasteiger partial charge in [-0.25, -0.2) is 0 Å². The highest BCUT2D eigenvalue weighted by molar-refractivity contribution is 9.10. The first-order chi connectivity index (χ1) is 36.7. The lowest BCUT2D eigenvalue weighted by Gasteiger charge is -2.02. The van der Waals surface area contributed by atoms with Crippen molar-refractivity contribution < 1.29 is 48.8 Å². The predicted molar refractivity (Wildman–Crippen MR) is 285 cm³/mol. The van der Waals surface area contributed by atoms with Gasteiger partial charge in [0.05, 0.1) is 11.9 Å². The van der Waals surface area contributed by atoms with Crippen LogP contribution >= 0.6 is 31.9 Å². The number of nitro groups is 5. The molecule has 0 aromatic carbocycles. The molecule has 0 radical (unpaired) electrons. The minimum atomic E-state index is -0.633. The van der Waals surface area contributed by atoms with Gasteiger partial charge < -0.3 is 65.2 Å². The van der Waals surface area contributed by atoms with E-state index in [0.29, 0.717) is 39.5 Å². The lowest BCUT2D eigenvalue weighted by atomic mass is 10.3. The van der Waals surface area contributed by atoms with Gasteiger partial charge in [-0.1, -0.05) is 46.5 Å². The first-order valence-corrected chi connectivity index (χ1v) is 23.7. The lowest BCUT2D eigenvalue weighted by Crippen LogP contribution is -2.06. The maximum absolute atomic E-state index is 10.8. The molecule has 1 N–H and O–H groups in total. The van der Waals surface area contributed by atoms with E-state index in [-0.39, 0.29) is 71.0 Å². The van der Waals surface area contributed by atoms with Crippen LogP contribution in [0.4, 0.5) is 29.1 Å². The molecule has 5 aromatic rings. The number of aromatic nitrogens is 10. The molecule has 0 spiro atoms. The van der Waals surface area contributed by atoms with Crippen LogP contribution in [-0.4, -0.2) is 89.4 Å². The number of hydrogen-bond acceptors (Lipinski definition) is 20. The van der Waals surface area contributed by atoms with E-state index in [1.165, 1.54) is 27.5 Å². The summed E-state index contributed by atoms with van der Waals surface area (Å²) >= 11 is 6.23. The number of hydrogen-bond donors (Lipinski definition) is 1. The Morgan fingerprint density at radius 3 is 1.00 bits per heavy atom. The number of aliphatic hydroxyl groups excluding tert-OH is 1. The van der Waals surface area contributed by atoms with Crippen LogP contribution in [0.15, 0.2) is 4.73 Å². The predicted octanol–water partition coefficient (Wildman–Crippen LogP) is 6.00. The van der Waals surface area contributed by atoms with E-state index >= 15 is 0 Å². The Morgan fingerprint density at radius 2 is 0.756 bits per heavy atom. The van der Waals surface area contributed by atoms with Crippen LogP contribution in [0.3, 0.4) is 0 Å². The number of ether oxygens (including phenoxy) is 2. The summed E-state index contributed by atoms with van der Waals surface area (Å²) in [5, 5.41) is 62.4. The van der Waals surface area contributed by atoms with Crippen molar-refractivity contribution in [2.24, 2.45) is 35.2 Å². The fourth-order valence-corrected chi connectivity index (χ4v) is 6.58. The summed E-state index contributed by atoms with van der Waals surface area (Å²) < 4.78 is 17.3. The summed E-state index contributed by atoms with van der Waals surface area (Å²) in [5.74, 6) is 25.7. The van der Waals surface area contributed by atoms with Crippen LogP contribution in [0.1, 0.15) is 114 Å². The van der Waals surface area contributed by atoms with E-state index in [1.807, 2.05) is 20.8 Å². The van der Waals surface area contributed by atoms with E-state index in [2.05, 4.69) is 121 Å². The van der Waals surface area contributed by atoms with Crippen molar-refractivity contribution in [2.45, 2.75) is 93.9 Å². The number of aliphatic hydroxyl groups is 1. The number of carbonyl (C=O) groups excluding carboxylic acids is 2. The first-order valence-electron chi connectivity index (χ1n) is 21.8. The third kappa shape index (κ3) is 20.1. The molecule has 0 aliphatic rings. The molecule has 0 saturated carbocycles. The average Bonchev–Trinajstić information content (AvgIpc) is 4.15. The van der Waals surface area contributed by atoms with Gasteiger partial charge in [-0.2, -0.15) is 0 Å².